The van der Waals surface area contributed by atoms with Crippen molar-refractivity contribution in [1.29, 1.82) is 0 Å². The summed E-state index contributed by atoms with van der Waals surface area (Å²) in [6.07, 6.45) is 0. The molecule has 0 unspecified atom stereocenters. The molecule has 12 aromatic rings. The molecule has 0 spiro atoms. The molecule has 0 aliphatic carbocycles. The number of furan rings is 1. The fourth-order valence-electron chi connectivity index (χ4n) is 9.64. The van der Waals surface area contributed by atoms with Crippen molar-refractivity contribution in [1.82, 2.24) is 0 Å². The molecule has 1 aromatic heterocycles. The fourth-order valence-corrected chi connectivity index (χ4v) is 9.64. The van der Waals surface area contributed by atoms with E-state index in [0.29, 0.717) is 0 Å². The van der Waals surface area contributed by atoms with Crippen molar-refractivity contribution in [2.24, 2.45) is 0 Å². The van der Waals surface area contributed by atoms with Crippen molar-refractivity contribution in [2.75, 3.05) is 4.90 Å². The Morgan fingerprint density at radius 3 is 1.60 bits per heavy atom. The average molecular weight is 790 g/mol. The molecule has 0 aliphatic rings. The van der Waals surface area contributed by atoms with E-state index in [1.807, 2.05) is 0 Å². The lowest BCUT2D eigenvalue weighted by atomic mass is 9.84. The van der Waals surface area contributed by atoms with Gasteiger partial charge in [-0.2, -0.15) is 0 Å². The number of nitrogens with zero attached hydrogens (tertiary/aromatic N) is 1. The van der Waals surface area contributed by atoms with E-state index in [0.717, 1.165) is 66.5 Å². The summed E-state index contributed by atoms with van der Waals surface area (Å²) in [5, 5.41) is 9.46. The highest BCUT2D eigenvalue weighted by Gasteiger charge is 2.23. The van der Waals surface area contributed by atoms with E-state index >= 15 is 0 Å². The summed E-state index contributed by atoms with van der Waals surface area (Å²) in [6.45, 7) is 0. The highest BCUT2D eigenvalue weighted by Crippen LogP contribution is 2.48. The highest BCUT2D eigenvalue weighted by molar-refractivity contribution is 6.23. The summed E-state index contributed by atoms with van der Waals surface area (Å²) in [6, 6.07) is 85.4. The van der Waals surface area contributed by atoms with Crippen LogP contribution in [-0.4, -0.2) is 0 Å². The Bertz CT molecular complexity index is 3610. The first-order valence-electron chi connectivity index (χ1n) is 21.3. The molecule has 0 saturated carbocycles. The molecule has 0 atom stereocenters. The number of hydrogen-bond acceptors (Lipinski definition) is 2. The van der Waals surface area contributed by atoms with Crippen molar-refractivity contribution >= 4 is 71.3 Å². The van der Waals surface area contributed by atoms with E-state index < -0.39 is 0 Å². The lowest BCUT2D eigenvalue weighted by Crippen LogP contribution is -2.11. The van der Waals surface area contributed by atoms with Crippen molar-refractivity contribution < 1.29 is 4.42 Å². The van der Waals surface area contributed by atoms with Crippen LogP contribution in [0.15, 0.2) is 241 Å². The molecule has 0 N–H and O–H groups in total. The van der Waals surface area contributed by atoms with Gasteiger partial charge in [0.15, 0.2) is 0 Å². The summed E-state index contributed by atoms with van der Waals surface area (Å²) >= 11 is 0. The third-order valence-electron chi connectivity index (χ3n) is 12.4. The van der Waals surface area contributed by atoms with Gasteiger partial charge >= 0.3 is 0 Å². The monoisotopic (exact) mass is 789 g/mol. The topological polar surface area (TPSA) is 16.4 Å². The van der Waals surface area contributed by atoms with Crippen LogP contribution in [0, 0.1) is 0 Å². The quantitative estimate of drug-likeness (QED) is 0.150. The molecular formula is C60H39NO. The Balaban J connectivity index is 1.06. The molecule has 62 heavy (non-hydrogen) atoms. The van der Waals surface area contributed by atoms with Gasteiger partial charge in [0, 0.05) is 22.0 Å². The molecule has 12 rings (SSSR count). The van der Waals surface area contributed by atoms with Gasteiger partial charge in [0.25, 0.3) is 0 Å². The smallest absolute Gasteiger partial charge is 0.143 e. The largest absolute Gasteiger partial charge is 0.455 e. The summed E-state index contributed by atoms with van der Waals surface area (Å²) < 4.78 is 6.73. The maximum Gasteiger partial charge on any atom is 0.143 e. The molecule has 2 heteroatoms. The zero-order chi connectivity index (χ0) is 41.0. The summed E-state index contributed by atoms with van der Waals surface area (Å²) in [7, 11) is 0. The van der Waals surface area contributed by atoms with E-state index in [1.165, 1.54) is 49.4 Å². The van der Waals surface area contributed by atoms with Gasteiger partial charge in [-0.1, -0.05) is 194 Å². The normalized spacial score (nSPS) is 11.5. The van der Waals surface area contributed by atoms with Crippen molar-refractivity contribution in [3.8, 4) is 44.5 Å². The average Bonchev–Trinajstić information content (AvgIpc) is 3.75. The van der Waals surface area contributed by atoms with Crippen molar-refractivity contribution in [3.05, 3.63) is 237 Å². The molecule has 0 fully saturated rings. The number of para-hydroxylation sites is 1. The minimum absolute atomic E-state index is 0.862. The minimum Gasteiger partial charge on any atom is -0.455 e. The second-order valence-electron chi connectivity index (χ2n) is 16.0. The van der Waals surface area contributed by atoms with Crippen molar-refractivity contribution in [2.45, 2.75) is 0 Å². The predicted molar refractivity (Wildman–Crippen MR) is 263 cm³/mol. The maximum absolute atomic E-state index is 6.73. The molecular weight excluding hydrogens is 751 g/mol. The van der Waals surface area contributed by atoms with Gasteiger partial charge in [0.1, 0.15) is 11.2 Å². The number of fused-ring (bicyclic) bond motifs is 8. The molecule has 1 heterocycles. The lowest BCUT2D eigenvalue weighted by Gasteiger charge is -2.28. The molecule has 2 nitrogen and oxygen atoms in total. The Kier molecular flexibility index (Phi) is 8.53. The Morgan fingerprint density at radius 2 is 0.855 bits per heavy atom. The Morgan fingerprint density at radius 1 is 0.306 bits per heavy atom. The first kappa shape index (κ1) is 35.7. The zero-order valence-corrected chi connectivity index (χ0v) is 33.9. The van der Waals surface area contributed by atoms with Gasteiger partial charge in [-0.3, -0.25) is 0 Å². The van der Waals surface area contributed by atoms with Crippen LogP contribution in [0.25, 0.3) is 98.8 Å². The zero-order valence-electron chi connectivity index (χ0n) is 33.9. The van der Waals surface area contributed by atoms with E-state index in [-0.39, 0.29) is 0 Å². The Labute approximate surface area is 360 Å². The third kappa shape index (κ3) is 5.88. The lowest BCUT2D eigenvalue weighted by molar-refractivity contribution is 0.672. The third-order valence-corrected chi connectivity index (χ3v) is 12.4. The van der Waals surface area contributed by atoms with Crippen LogP contribution in [-0.2, 0) is 0 Å². The van der Waals surface area contributed by atoms with Gasteiger partial charge in [0.05, 0.1) is 16.8 Å². The SMILES string of the molecule is c1ccc(-c2ccccc2N(c2ccc(-c3ccc4c(c3)c(-c3ccccc3)c(-c3ccccc3)c3ccccc34)cc2)c2cccc3oc4c5ccccc5ccc4c23)cc1. The summed E-state index contributed by atoms with van der Waals surface area (Å²) in [5.41, 5.74) is 14.5. The van der Waals surface area contributed by atoms with Crippen LogP contribution in [0.2, 0.25) is 0 Å². The van der Waals surface area contributed by atoms with Gasteiger partial charge in [0.2, 0.25) is 0 Å². The van der Waals surface area contributed by atoms with E-state index in [9.17, 15) is 0 Å². The molecule has 0 amide bonds. The van der Waals surface area contributed by atoms with Crippen molar-refractivity contribution in [3.63, 3.8) is 0 Å². The Hall–Kier alpha value is -8.20. The second-order valence-corrected chi connectivity index (χ2v) is 16.0. The highest BCUT2D eigenvalue weighted by atomic mass is 16.3. The maximum atomic E-state index is 6.73. The summed E-state index contributed by atoms with van der Waals surface area (Å²) in [4.78, 5) is 2.41. The molecule has 0 aliphatic heterocycles. The van der Waals surface area contributed by atoms with Gasteiger partial charge in [-0.15, -0.1) is 0 Å². The molecule has 0 bridgehead atoms. The van der Waals surface area contributed by atoms with Gasteiger partial charge < -0.3 is 9.32 Å². The van der Waals surface area contributed by atoms with Crippen LogP contribution in [0.4, 0.5) is 17.1 Å². The van der Waals surface area contributed by atoms with E-state index in [1.54, 1.807) is 0 Å². The minimum atomic E-state index is 0.862. The van der Waals surface area contributed by atoms with Crippen LogP contribution in [0.1, 0.15) is 0 Å². The standard InChI is InChI=1S/C60H39NO/c1-4-17-41(18-5-1)47-24-14-15-28-54(47)61(55-29-16-30-56-59(55)52-38-33-42-19-10-11-25-48(42)60(52)62-56)46-35-31-40(32-36-46)45-34-37-50-49-26-12-13-27-51(49)57(43-20-6-2-7-21-43)58(53(50)39-45)44-22-8-3-9-23-44/h1-39H. The molecule has 11 aromatic carbocycles. The number of anilines is 3. The van der Waals surface area contributed by atoms with E-state index in [2.05, 4.69) is 241 Å². The van der Waals surface area contributed by atoms with Crippen LogP contribution in [0.5, 0.6) is 0 Å². The molecule has 0 saturated heterocycles. The second kappa shape index (κ2) is 14.8. The number of benzene rings is 11. The van der Waals surface area contributed by atoms with Crippen LogP contribution >= 0.6 is 0 Å². The first-order valence-corrected chi connectivity index (χ1v) is 21.3. The number of hydrogen-bond donors (Lipinski definition) is 0. The fraction of sp³-hybridized carbons (Fsp3) is 0. The first-order chi connectivity index (χ1) is 30.8. The van der Waals surface area contributed by atoms with Gasteiger partial charge in [-0.05, 0) is 108 Å². The van der Waals surface area contributed by atoms with Crippen LogP contribution < -0.4 is 4.90 Å². The molecule has 0 radical (unpaired) electrons. The summed E-state index contributed by atoms with van der Waals surface area (Å²) in [5.74, 6) is 0. The predicted octanol–water partition coefficient (Wildman–Crippen LogP) is 17.2. The van der Waals surface area contributed by atoms with Gasteiger partial charge in [-0.25, -0.2) is 0 Å². The van der Waals surface area contributed by atoms with E-state index in [4.69, 9.17) is 4.42 Å². The number of rotatable bonds is 7. The molecule has 290 valence electrons. The van der Waals surface area contributed by atoms with Crippen LogP contribution in [0.3, 0.4) is 0 Å².